The number of para-hydroxylation sites is 1. The van der Waals surface area contributed by atoms with Crippen LogP contribution in [0.25, 0.3) is 0 Å². The lowest BCUT2D eigenvalue weighted by molar-refractivity contribution is -0.147. The molecular formula is C19H24N2O3. The third kappa shape index (κ3) is 2.38. The van der Waals surface area contributed by atoms with E-state index in [2.05, 4.69) is 10.6 Å². The minimum atomic E-state index is -0.636. The van der Waals surface area contributed by atoms with Gasteiger partial charge in [-0.15, -0.1) is 0 Å². The second-order valence-corrected chi connectivity index (χ2v) is 7.69. The number of rotatable bonds is 2. The number of benzene rings is 1. The SMILES string of the molecule is CC(C)NC(=O)C1CC2CCC1CC21NC(=O)c2ccccc2O1. The fraction of sp³-hybridized carbons (Fsp3) is 0.579. The minimum absolute atomic E-state index is 0.0365. The number of nitrogens with one attached hydrogen (secondary N) is 2. The molecule has 24 heavy (non-hydrogen) atoms. The first-order chi connectivity index (χ1) is 11.5. The van der Waals surface area contributed by atoms with Gasteiger partial charge in [0, 0.05) is 24.3 Å². The molecule has 4 unspecified atom stereocenters. The standard InChI is InChI=1S/C19H24N2O3/c1-11(2)20-17(22)15-9-13-8-7-12(15)10-19(13)21-18(23)14-5-3-4-6-16(14)24-19/h3-6,11-13,15H,7-10H2,1-2H3,(H,20,22)(H,21,23). The average molecular weight is 328 g/mol. The Bertz CT molecular complexity index is 687. The highest BCUT2D eigenvalue weighted by atomic mass is 16.5. The molecule has 0 aromatic heterocycles. The molecule has 1 heterocycles. The van der Waals surface area contributed by atoms with Crippen LogP contribution < -0.4 is 15.4 Å². The predicted octanol–water partition coefficient (Wildman–Crippen LogP) is 2.47. The second-order valence-electron chi connectivity index (χ2n) is 7.69. The molecule has 5 rings (SSSR count). The van der Waals surface area contributed by atoms with E-state index in [0.717, 1.165) is 19.3 Å². The lowest BCUT2D eigenvalue weighted by Gasteiger charge is -2.55. The van der Waals surface area contributed by atoms with Crippen molar-refractivity contribution in [1.29, 1.82) is 0 Å². The van der Waals surface area contributed by atoms with Crippen molar-refractivity contribution in [3.8, 4) is 5.75 Å². The van der Waals surface area contributed by atoms with Gasteiger partial charge in [0.2, 0.25) is 5.91 Å². The smallest absolute Gasteiger partial charge is 0.258 e. The molecule has 4 aliphatic rings. The van der Waals surface area contributed by atoms with Crippen LogP contribution in [0.1, 0.15) is 49.9 Å². The summed E-state index contributed by atoms with van der Waals surface area (Å²) in [4.78, 5) is 25.0. The van der Waals surface area contributed by atoms with Gasteiger partial charge in [0.1, 0.15) is 5.75 Å². The fourth-order valence-corrected chi connectivity index (χ4v) is 4.67. The monoisotopic (exact) mass is 328 g/mol. The van der Waals surface area contributed by atoms with Crippen LogP contribution in [0.15, 0.2) is 24.3 Å². The molecule has 5 nitrogen and oxygen atoms in total. The van der Waals surface area contributed by atoms with Gasteiger partial charge in [0.05, 0.1) is 5.56 Å². The third-order valence-corrected chi connectivity index (χ3v) is 5.73. The molecule has 2 N–H and O–H groups in total. The highest BCUT2D eigenvalue weighted by Gasteiger charge is 2.57. The molecule has 1 aromatic carbocycles. The molecular weight excluding hydrogens is 304 g/mol. The number of ether oxygens (including phenoxy) is 1. The van der Waals surface area contributed by atoms with Crippen molar-refractivity contribution >= 4 is 11.8 Å². The van der Waals surface area contributed by atoms with E-state index in [9.17, 15) is 9.59 Å². The van der Waals surface area contributed by atoms with Crippen LogP contribution in [-0.4, -0.2) is 23.6 Å². The Kier molecular flexibility index (Phi) is 3.55. The Morgan fingerprint density at radius 3 is 2.83 bits per heavy atom. The lowest BCUT2D eigenvalue weighted by Crippen LogP contribution is -2.67. The van der Waals surface area contributed by atoms with Crippen LogP contribution >= 0.6 is 0 Å². The Morgan fingerprint density at radius 2 is 2.12 bits per heavy atom. The number of amides is 2. The van der Waals surface area contributed by atoms with Crippen LogP contribution in [0.4, 0.5) is 0 Å². The van der Waals surface area contributed by atoms with E-state index in [1.165, 1.54) is 0 Å². The van der Waals surface area contributed by atoms with Gasteiger partial charge in [-0.3, -0.25) is 9.59 Å². The maximum absolute atomic E-state index is 12.5. The summed E-state index contributed by atoms with van der Waals surface area (Å²) in [5.41, 5.74) is -0.0400. The van der Waals surface area contributed by atoms with Crippen molar-refractivity contribution in [3.63, 3.8) is 0 Å². The fourth-order valence-electron chi connectivity index (χ4n) is 4.67. The summed E-state index contributed by atoms with van der Waals surface area (Å²) in [6.07, 6.45) is 3.53. The largest absolute Gasteiger partial charge is 0.467 e. The van der Waals surface area contributed by atoms with Crippen molar-refractivity contribution in [2.45, 2.75) is 51.3 Å². The summed E-state index contributed by atoms with van der Waals surface area (Å²) in [6.45, 7) is 3.98. The van der Waals surface area contributed by atoms with Gasteiger partial charge in [0.25, 0.3) is 5.91 Å². The van der Waals surface area contributed by atoms with Crippen molar-refractivity contribution in [2.24, 2.45) is 17.8 Å². The topological polar surface area (TPSA) is 67.4 Å². The van der Waals surface area contributed by atoms with E-state index < -0.39 is 5.72 Å². The summed E-state index contributed by atoms with van der Waals surface area (Å²) in [5.74, 6) is 1.23. The van der Waals surface area contributed by atoms with Gasteiger partial charge in [-0.05, 0) is 51.2 Å². The molecule has 3 aliphatic carbocycles. The quantitative estimate of drug-likeness (QED) is 0.876. The Hall–Kier alpha value is -2.04. The average Bonchev–Trinajstić information content (AvgIpc) is 2.54. The van der Waals surface area contributed by atoms with Gasteiger partial charge in [-0.25, -0.2) is 0 Å². The van der Waals surface area contributed by atoms with Crippen molar-refractivity contribution in [2.75, 3.05) is 0 Å². The summed E-state index contributed by atoms with van der Waals surface area (Å²) >= 11 is 0. The van der Waals surface area contributed by atoms with Crippen molar-refractivity contribution in [1.82, 2.24) is 10.6 Å². The molecule has 1 spiro atoms. The Balaban J connectivity index is 1.58. The molecule has 0 radical (unpaired) electrons. The van der Waals surface area contributed by atoms with Gasteiger partial charge in [0.15, 0.2) is 5.72 Å². The first-order valence-corrected chi connectivity index (χ1v) is 8.89. The zero-order chi connectivity index (χ0) is 16.9. The second kappa shape index (κ2) is 5.50. The molecule has 2 amide bonds. The zero-order valence-corrected chi connectivity index (χ0v) is 14.2. The predicted molar refractivity (Wildman–Crippen MR) is 89.5 cm³/mol. The number of hydrogen-bond donors (Lipinski definition) is 2. The number of carbonyl (C=O) groups is 2. The summed E-state index contributed by atoms with van der Waals surface area (Å²) in [7, 11) is 0. The van der Waals surface area contributed by atoms with Gasteiger partial charge >= 0.3 is 0 Å². The van der Waals surface area contributed by atoms with Gasteiger partial charge in [-0.2, -0.15) is 0 Å². The summed E-state index contributed by atoms with van der Waals surface area (Å²) < 4.78 is 6.31. The molecule has 128 valence electrons. The highest BCUT2D eigenvalue weighted by molar-refractivity contribution is 5.98. The Labute approximate surface area is 142 Å². The first-order valence-electron chi connectivity index (χ1n) is 8.89. The molecule has 5 heteroatoms. The van der Waals surface area contributed by atoms with Gasteiger partial charge in [-0.1, -0.05) is 12.1 Å². The van der Waals surface area contributed by atoms with E-state index in [0.29, 0.717) is 17.7 Å². The maximum atomic E-state index is 12.5. The number of fused-ring (bicyclic) bond motifs is 3. The third-order valence-electron chi connectivity index (χ3n) is 5.73. The van der Waals surface area contributed by atoms with E-state index in [1.807, 2.05) is 32.0 Å². The summed E-state index contributed by atoms with van der Waals surface area (Å²) in [5, 5.41) is 6.17. The maximum Gasteiger partial charge on any atom is 0.258 e. The molecule has 3 fully saturated rings. The molecule has 1 aliphatic heterocycles. The van der Waals surface area contributed by atoms with Crippen LogP contribution in [0.5, 0.6) is 5.75 Å². The van der Waals surface area contributed by atoms with E-state index in [-0.39, 0.29) is 35.6 Å². The Morgan fingerprint density at radius 1 is 1.33 bits per heavy atom. The normalized spacial score (nSPS) is 33.8. The van der Waals surface area contributed by atoms with Crippen LogP contribution in [0, 0.1) is 17.8 Å². The van der Waals surface area contributed by atoms with E-state index in [1.54, 1.807) is 6.07 Å². The van der Waals surface area contributed by atoms with Crippen molar-refractivity contribution < 1.29 is 14.3 Å². The molecule has 4 atom stereocenters. The number of hydrogen-bond acceptors (Lipinski definition) is 3. The molecule has 2 bridgehead atoms. The lowest BCUT2D eigenvalue weighted by atomic mass is 9.60. The molecule has 3 saturated carbocycles. The van der Waals surface area contributed by atoms with Crippen LogP contribution in [0.3, 0.4) is 0 Å². The van der Waals surface area contributed by atoms with Crippen LogP contribution in [0.2, 0.25) is 0 Å². The highest BCUT2D eigenvalue weighted by Crippen LogP contribution is 2.52. The van der Waals surface area contributed by atoms with E-state index >= 15 is 0 Å². The number of carbonyl (C=O) groups excluding carboxylic acids is 2. The van der Waals surface area contributed by atoms with Crippen LogP contribution in [-0.2, 0) is 4.79 Å². The van der Waals surface area contributed by atoms with Gasteiger partial charge < -0.3 is 15.4 Å². The van der Waals surface area contributed by atoms with E-state index in [4.69, 9.17) is 4.74 Å². The minimum Gasteiger partial charge on any atom is -0.467 e. The zero-order valence-electron chi connectivity index (χ0n) is 14.2. The molecule has 0 saturated heterocycles. The summed E-state index contributed by atoms with van der Waals surface area (Å²) in [6, 6.07) is 7.55. The molecule has 1 aromatic rings. The first kappa shape index (κ1) is 15.5. The van der Waals surface area contributed by atoms with Crippen molar-refractivity contribution in [3.05, 3.63) is 29.8 Å².